The fourth-order valence-electron chi connectivity index (χ4n) is 2.79. The van der Waals surface area contributed by atoms with Gasteiger partial charge in [-0.15, -0.1) is 0 Å². The van der Waals surface area contributed by atoms with Gasteiger partial charge < -0.3 is 19.8 Å². The molecule has 0 aliphatic rings. The SMILES string of the molecule is CCOC(=O)C(N)Cc1cc(C)n(-c2ccccc2OC)c1C. The summed E-state index contributed by atoms with van der Waals surface area (Å²) in [6, 6.07) is 9.25. The molecule has 0 fully saturated rings. The Hall–Kier alpha value is -2.27. The number of rotatable bonds is 6. The molecular formula is C18H24N2O3. The highest BCUT2D eigenvalue weighted by molar-refractivity contribution is 5.76. The molecule has 2 N–H and O–H groups in total. The van der Waals surface area contributed by atoms with Crippen molar-refractivity contribution in [3.63, 3.8) is 0 Å². The number of para-hydroxylation sites is 2. The van der Waals surface area contributed by atoms with E-state index in [0.717, 1.165) is 28.4 Å². The molecule has 1 heterocycles. The van der Waals surface area contributed by atoms with Crippen LogP contribution in [0.1, 0.15) is 23.9 Å². The molecule has 0 bridgehead atoms. The third kappa shape index (κ3) is 3.56. The zero-order valence-corrected chi connectivity index (χ0v) is 14.1. The smallest absolute Gasteiger partial charge is 0.323 e. The van der Waals surface area contributed by atoms with E-state index < -0.39 is 6.04 Å². The van der Waals surface area contributed by atoms with Gasteiger partial charge in [0.1, 0.15) is 11.8 Å². The number of nitrogens with zero attached hydrogens (tertiary/aromatic N) is 1. The van der Waals surface area contributed by atoms with Crippen LogP contribution in [-0.4, -0.2) is 30.3 Å². The topological polar surface area (TPSA) is 66.5 Å². The van der Waals surface area contributed by atoms with Gasteiger partial charge in [-0.2, -0.15) is 0 Å². The van der Waals surface area contributed by atoms with Crippen molar-refractivity contribution in [2.75, 3.05) is 13.7 Å². The van der Waals surface area contributed by atoms with Crippen molar-refractivity contribution in [3.8, 4) is 11.4 Å². The van der Waals surface area contributed by atoms with E-state index in [1.165, 1.54) is 0 Å². The molecule has 23 heavy (non-hydrogen) atoms. The second kappa shape index (κ2) is 7.33. The minimum atomic E-state index is -0.651. The maximum atomic E-state index is 11.7. The molecule has 1 aromatic heterocycles. The summed E-state index contributed by atoms with van der Waals surface area (Å²) in [6.07, 6.45) is 0.452. The monoisotopic (exact) mass is 316 g/mol. The van der Waals surface area contributed by atoms with Gasteiger partial charge in [0.2, 0.25) is 0 Å². The van der Waals surface area contributed by atoms with Crippen LogP contribution < -0.4 is 10.5 Å². The van der Waals surface area contributed by atoms with Crippen LogP contribution in [0.3, 0.4) is 0 Å². The molecule has 124 valence electrons. The number of hydrogen-bond acceptors (Lipinski definition) is 4. The Bertz CT molecular complexity index is 692. The maximum absolute atomic E-state index is 11.7. The summed E-state index contributed by atoms with van der Waals surface area (Å²) in [5.41, 5.74) is 10.1. The molecule has 0 saturated carbocycles. The van der Waals surface area contributed by atoms with E-state index in [-0.39, 0.29) is 5.97 Å². The number of aryl methyl sites for hydroxylation is 1. The maximum Gasteiger partial charge on any atom is 0.323 e. The number of hydrogen-bond donors (Lipinski definition) is 1. The molecule has 0 spiro atoms. The summed E-state index contributed by atoms with van der Waals surface area (Å²) in [7, 11) is 1.66. The Kier molecular flexibility index (Phi) is 5.45. The van der Waals surface area contributed by atoms with Crippen molar-refractivity contribution in [2.45, 2.75) is 33.2 Å². The number of aromatic nitrogens is 1. The first kappa shape index (κ1) is 17.1. The minimum absolute atomic E-state index is 0.340. The summed E-state index contributed by atoms with van der Waals surface area (Å²) in [4.78, 5) is 11.7. The number of ether oxygens (including phenoxy) is 2. The van der Waals surface area contributed by atoms with Crippen LogP contribution >= 0.6 is 0 Å². The number of carbonyl (C=O) groups is 1. The van der Waals surface area contributed by atoms with E-state index >= 15 is 0 Å². The molecule has 0 aliphatic carbocycles. The van der Waals surface area contributed by atoms with Crippen molar-refractivity contribution in [2.24, 2.45) is 5.73 Å². The van der Waals surface area contributed by atoms with E-state index in [1.54, 1.807) is 14.0 Å². The van der Waals surface area contributed by atoms with Crippen molar-refractivity contribution in [1.82, 2.24) is 4.57 Å². The quantitative estimate of drug-likeness (QED) is 0.832. The lowest BCUT2D eigenvalue weighted by atomic mass is 10.1. The third-order valence-electron chi connectivity index (χ3n) is 3.89. The number of esters is 1. The highest BCUT2D eigenvalue weighted by Crippen LogP contribution is 2.28. The van der Waals surface area contributed by atoms with Crippen LogP contribution in [0, 0.1) is 13.8 Å². The van der Waals surface area contributed by atoms with Crippen molar-refractivity contribution < 1.29 is 14.3 Å². The molecule has 0 aliphatic heterocycles. The number of benzene rings is 1. The lowest BCUT2D eigenvalue weighted by Crippen LogP contribution is -2.34. The molecule has 5 nitrogen and oxygen atoms in total. The van der Waals surface area contributed by atoms with Gasteiger partial charge in [0.25, 0.3) is 0 Å². The summed E-state index contributed by atoms with van der Waals surface area (Å²) in [5.74, 6) is 0.435. The summed E-state index contributed by atoms with van der Waals surface area (Å²) in [6.45, 7) is 6.16. The Morgan fingerprint density at radius 3 is 2.65 bits per heavy atom. The molecular weight excluding hydrogens is 292 g/mol. The lowest BCUT2D eigenvalue weighted by Gasteiger charge is -2.14. The van der Waals surface area contributed by atoms with E-state index in [4.69, 9.17) is 15.2 Å². The predicted molar refractivity (Wildman–Crippen MR) is 90.1 cm³/mol. The molecule has 1 atom stereocenters. The second-order valence-corrected chi connectivity index (χ2v) is 5.47. The Morgan fingerprint density at radius 1 is 1.30 bits per heavy atom. The Labute approximate surface area is 137 Å². The van der Waals surface area contributed by atoms with Gasteiger partial charge in [0.05, 0.1) is 19.4 Å². The van der Waals surface area contributed by atoms with E-state index in [1.807, 2.05) is 38.1 Å². The van der Waals surface area contributed by atoms with Crippen LogP contribution in [-0.2, 0) is 16.0 Å². The first-order chi connectivity index (χ1) is 11.0. The molecule has 0 saturated heterocycles. The molecule has 5 heteroatoms. The Balaban J connectivity index is 2.35. The van der Waals surface area contributed by atoms with Crippen LogP contribution in [0.2, 0.25) is 0 Å². The second-order valence-electron chi connectivity index (χ2n) is 5.47. The zero-order valence-electron chi connectivity index (χ0n) is 14.1. The molecule has 2 aromatic rings. The van der Waals surface area contributed by atoms with E-state index in [2.05, 4.69) is 10.6 Å². The van der Waals surface area contributed by atoms with Gasteiger partial charge in [0, 0.05) is 17.8 Å². The summed E-state index contributed by atoms with van der Waals surface area (Å²) >= 11 is 0. The van der Waals surface area contributed by atoms with Gasteiger partial charge in [-0.3, -0.25) is 4.79 Å². The summed E-state index contributed by atoms with van der Waals surface area (Å²) in [5, 5.41) is 0. The van der Waals surface area contributed by atoms with Gasteiger partial charge in [0.15, 0.2) is 0 Å². The average molecular weight is 316 g/mol. The average Bonchev–Trinajstić information content (AvgIpc) is 2.81. The van der Waals surface area contributed by atoms with Gasteiger partial charge in [-0.1, -0.05) is 12.1 Å². The van der Waals surface area contributed by atoms with Crippen molar-refractivity contribution in [1.29, 1.82) is 0 Å². The highest BCUT2D eigenvalue weighted by Gasteiger charge is 2.20. The highest BCUT2D eigenvalue weighted by atomic mass is 16.5. The van der Waals surface area contributed by atoms with Crippen molar-refractivity contribution >= 4 is 5.97 Å². The van der Waals surface area contributed by atoms with Crippen LogP contribution in [0.5, 0.6) is 5.75 Å². The first-order valence-electron chi connectivity index (χ1n) is 7.73. The van der Waals surface area contributed by atoms with E-state index in [9.17, 15) is 4.79 Å². The van der Waals surface area contributed by atoms with Crippen LogP contribution in [0.4, 0.5) is 0 Å². The van der Waals surface area contributed by atoms with Gasteiger partial charge in [-0.25, -0.2) is 0 Å². The molecule has 2 rings (SSSR count). The minimum Gasteiger partial charge on any atom is -0.495 e. The van der Waals surface area contributed by atoms with Gasteiger partial charge in [-0.05, 0) is 44.5 Å². The normalized spacial score (nSPS) is 12.0. The van der Waals surface area contributed by atoms with Crippen LogP contribution in [0.25, 0.3) is 5.69 Å². The third-order valence-corrected chi connectivity index (χ3v) is 3.89. The predicted octanol–water partition coefficient (Wildman–Crippen LogP) is 2.54. The standard InChI is InChI=1S/C18H24N2O3/c1-5-23-18(21)15(19)11-14-10-12(2)20(13(14)3)16-8-6-7-9-17(16)22-4/h6-10,15H,5,11,19H2,1-4H3. The fourth-order valence-corrected chi connectivity index (χ4v) is 2.79. The first-order valence-corrected chi connectivity index (χ1v) is 7.73. The fraction of sp³-hybridized carbons (Fsp3) is 0.389. The largest absolute Gasteiger partial charge is 0.495 e. The summed E-state index contributed by atoms with van der Waals surface area (Å²) < 4.78 is 12.6. The Morgan fingerprint density at radius 2 is 2.00 bits per heavy atom. The number of carbonyl (C=O) groups excluding carboxylic acids is 1. The number of nitrogens with two attached hydrogens (primary N) is 1. The van der Waals surface area contributed by atoms with Crippen molar-refractivity contribution in [3.05, 3.63) is 47.3 Å². The lowest BCUT2D eigenvalue weighted by molar-refractivity contribution is -0.144. The van der Waals surface area contributed by atoms with Gasteiger partial charge >= 0.3 is 5.97 Å². The number of methoxy groups -OCH3 is 1. The van der Waals surface area contributed by atoms with Crippen LogP contribution in [0.15, 0.2) is 30.3 Å². The molecule has 1 aromatic carbocycles. The molecule has 0 amide bonds. The zero-order chi connectivity index (χ0) is 17.0. The molecule has 0 radical (unpaired) electrons. The molecule has 1 unspecified atom stereocenters. The van der Waals surface area contributed by atoms with E-state index in [0.29, 0.717) is 13.0 Å².